The molecule has 0 aromatic heterocycles. The van der Waals surface area contributed by atoms with Crippen LogP contribution >= 0.6 is 15.9 Å². The van der Waals surface area contributed by atoms with Crippen LogP contribution in [-0.4, -0.2) is 12.5 Å². The van der Waals surface area contributed by atoms with Crippen molar-refractivity contribution in [2.24, 2.45) is 0 Å². The van der Waals surface area contributed by atoms with Crippen LogP contribution in [0.2, 0.25) is 0 Å². The van der Waals surface area contributed by atoms with Crippen LogP contribution < -0.4 is 15.8 Å². The van der Waals surface area contributed by atoms with Crippen LogP contribution in [0.1, 0.15) is 0 Å². The average Bonchev–Trinajstić information content (AvgIpc) is 2.42. The van der Waals surface area contributed by atoms with Gasteiger partial charge in [-0.2, -0.15) is 0 Å². The number of nitrogens with one attached hydrogen (secondary N) is 1. The van der Waals surface area contributed by atoms with E-state index in [-0.39, 0.29) is 4.47 Å². The highest BCUT2D eigenvalue weighted by molar-refractivity contribution is 9.10. The fraction of sp³-hybridized carbons (Fsp3) is 0.0714. The quantitative estimate of drug-likeness (QED) is 0.825. The minimum Gasteiger partial charge on any atom is -0.482 e. The molecule has 0 aliphatic heterocycles. The van der Waals surface area contributed by atoms with E-state index in [1.807, 2.05) is 0 Å². The highest BCUT2D eigenvalue weighted by atomic mass is 79.9. The van der Waals surface area contributed by atoms with Crippen LogP contribution in [0.25, 0.3) is 0 Å². The summed E-state index contributed by atoms with van der Waals surface area (Å²) in [6, 6.07) is 8.71. The Balaban J connectivity index is 2.01. The molecule has 0 radical (unpaired) electrons. The number of ether oxygens (including phenoxy) is 1. The lowest BCUT2D eigenvalue weighted by molar-refractivity contribution is -0.118. The lowest BCUT2D eigenvalue weighted by atomic mass is 10.3. The van der Waals surface area contributed by atoms with Gasteiger partial charge in [-0.25, -0.2) is 8.78 Å². The maximum Gasteiger partial charge on any atom is 0.262 e. The number of carbonyl (C=O) groups is 1. The molecule has 0 bridgehead atoms. The second-order valence-corrected chi connectivity index (χ2v) is 5.03. The Bertz CT molecular complexity index is 657. The van der Waals surface area contributed by atoms with Gasteiger partial charge in [0.25, 0.3) is 5.91 Å². The van der Waals surface area contributed by atoms with E-state index >= 15 is 0 Å². The van der Waals surface area contributed by atoms with E-state index in [0.717, 1.165) is 12.1 Å². The van der Waals surface area contributed by atoms with E-state index in [9.17, 15) is 13.6 Å². The molecular weight excluding hydrogens is 346 g/mol. The molecule has 2 aromatic carbocycles. The summed E-state index contributed by atoms with van der Waals surface area (Å²) in [5, 5.41) is 2.12. The fourth-order valence-corrected chi connectivity index (χ4v) is 1.99. The topological polar surface area (TPSA) is 64.3 Å². The molecule has 7 heteroatoms. The van der Waals surface area contributed by atoms with Gasteiger partial charge in [-0.05, 0) is 24.3 Å². The van der Waals surface area contributed by atoms with Gasteiger partial charge in [0.15, 0.2) is 18.2 Å². The molecule has 0 heterocycles. The van der Waals surface area contributed by atoms with Crippen LogP contribution in [-0.2, 0) is 4.79 Å². The lowest BCUT2D eigenvalue weighted by Gasteiger charge is -2.10. The lowest BCUT2D eigenvalue weighted by Crippen LogP contribution is -2.21. The minimum absolute atomic E-state index is 0.240. The zero-order valence-corrected chi connectivity index (χ0v) is 12.3. The molecule has 0 aliphatic rings. The summed E-state index contributed by atoms with van der Waals surface area (Å²) in [6.07, 6.45) is 0. The molecule has 0 saturated carbocycles. The Morgan fingerprint density at radius 3 is 2.48 bits per heavy atom. The number of nitrogens with two attached hydrogens (primary N) is 1. The molecule has 2 aromatic rings. The van der Waals surface area contributed by atoms with Gasteiger partial charge in [-0.3, -0.25) is 4.79 Å². The largest absolute Gasteiger partial charge is 0.482 e. The second kappa shape index (κ2) is 6.53. The van der Waals surface area contributed by atoms with Gasteiger partial charge in [0.1, 0.15) is 11.4 Å². The zero-order valence-electron chi connectivity index (χ0n) is 10.7. The number of anilines is 2. The maximum absolute atomic E-state index is 13.6. The first-order valence-electron chi connectivity index (χ1n) is 5.89. The first kappa shape index (κ1) is 15.2. The standard InChI is InChI=1S/C14H11BrF2N2O2/c15-8-5-9(16)14(10(17)6-8)19-13(20)7-21-12-4-2-1-3-11(12)18/h1-6H,7,18H2,(H,19,20). The minimum atomic E-state index is -0.880. The number of hydrogen-bond donors (Lipinski definition) is 2. The monoisotopic (exact) mass is 356 g/mol. The van der Waals surface area contributed by atoms with Crippen molar-refractivity contribution in [2.45, 2.75) is 0 Å². The van der Waals surface area contributed by atoms with Gasteiger partial charge in [0.2, 0.25) is 0 Å². The number of carbonyl (C=O) groups excluding carboxylic acids is 1. The molecule has 3 N–H and O–H groups in total. The van der Waals surface area contributed by atoms with E-state index in [0.29, 0.717) is 11.4 Å². The van der Waals surface area contributed by atoms with Gasteiger partial charge >= 0.3 is 0 Å². The van der Waals surface area contributed by atoms with E-state index in [1.54, 1.807) is 24.3 Å². The predicted molar refractivity (Wildman–Crippen MR) is 79.0 cm³/mol. The summed E-state index contributed by atoms with van der Waals surface area (Å²) in [4.78, 5) is 11.7. The molecule has 0 atom stereocenters. The molecule has 0 unspecified atom stereocenters. The molecule has 2 rings (SSSR count). The number of halogens is 3. The summed E-state index contributed by atoms with van der Waals surface area (Å²) in [7, 11) is 0. The Morgan fingerprint density at radius 2 is 1.86 bits per heavy atom. The molecule has 0 spiro atoms. The SMILES string of the molecule is Nc1ccccc1OCC(=O)Nc1c(F)cc(Br)cc1F. The summed E-state index contributed by atoms with van der Waals surface area (Å²) >= 11 is 2.95. The molecule has 0 saturated heterocycles. The Morgan fingerprint density at radius 1 is 1.24 bits per heavy atom. The number of rotatable bonds is 4. The molecule has 0 fully saturated rings. The van der Waals surface area contributed by atoms with Crippen molar-refractivity contribution in [3.63, 3.8) is 0 Å². The fourth-order valence-electron chi connectivity index (χ4n) is 1.59. The number of amides is 1. The number of para-hydroxylation sites is 2. The van der Waals surface area contributed by atoms with Gasteiger partial charge in [-0.15, -0.1) is 0 Å². The molecule has 0 aliphatic carbocycles. The highest BCUT2D eigenvalue weighted by Gasteiger charge is 2.14. The first-order valence-corrected chi connectivity index (χ1v) is 6.68. The van der Waals surface area contributed by atoms with Crippen molar-refractivity contribution in [1.29, 1.82) is 0 Å². The number of hydrogen-bond acceptors (Lipinski definition) is 3. The Kier molecular flexibility index (Phi) is 4.74. The van der Waals surface area contributed by atoms with Crippen LogP contribution in [0.3, 0.4) is 0 Å². The van der Waals surface area contributed by atoms with Crippen molar-refractivity contribution < 1.29 is 18.3 Å². The van der Waals surface area contributed by atoms with Gasteiger partial charge < -0.3 is 15.8 Å². The van der Waals surface area contributed by atoms with Crippen LogP contribution in [0.4, 0.5) is 20.2 Å². The molecule has 110 valence electrons. The van der Waals surface area contributed by atoms with E-state index in [4.69, 9.17) is 10.5 Å². The van der Waals surface area contributed by atoms with Crippen LogP contribution in [0.5, 0.6) is 5.75 Å². The van der Waals surface area contributed by atoms with Gasteiger partial charge in [0, 0.05) is 4.47 Å². The summed E-state index contributed by atoms with van der Waals surface area (Å²) in [5.74, 6) is -2.13. The molecular formula is C14H11BrF2N2O2. The average molecular weight is 357 g/mol. The molecule has 4 nitrogen and oxygen atoms in total. The Labute approximate surface area is 128 Å². The zero-order chi connectivity index (χ0) is 15.4. The third kappa shape index (κ3) is 3.91. The van der Waals surface area contributed by atoms with E-state index < -0.39 is 29.8 Å². The number of nitrogen functional groups attached to an aromatic ring is 1. The van der Waals surface area contributed by atoms with Gasteiger partial charge in [-0.1, -0.05) is 28.1 Å². The van der Waals surface area contributed by atoms with Crippen molar-refractivity contribution in [1.82, 2.24) is 0 Å². The molecule has 21 heavy (non-hydrogen) atoms. The van der Waals surface area contributed by atoms with Crippen molar-refractivity contribution in [3.8, 4) is 5.75 Å². The second-order valence-electron chi connectivity index (χ2n) is 4.12. The first-order chi connectivity index (χ1) is 9.97. The van der Waals surface area contributed by atoms with Crippen LogP contribution in [0.15, 0.2) is 40.9 Å². The predicted octanol–water partition coefficient (Wildman–Crippen LogP) is 3.33. The third-order valence-corrected chi connectivity index (χ3v) is 3.01. The van der Waals surface area contributed by atoms with Gasteiger partial charge in [0.05, 0.1) is 5.69 Å². The molecule has 1 amide bonds. The highest BCUT2D eigenvalue weighted by Crippen LogP contribution is 2.24. The van der Waals surface area contributed by atoms with Crippen molar-refractivity contribution in [3.05, 3.63) is 52.5 Å². The Hall–Kier alpha value is -2.15. The maximum atomic E-state index is 13.6. The van der Waals surface area contributed by atoms with Crippen molar-refractivity contribution >= 4 is 33.2 Å². The van der Waals surface area contributed by atoms with E-state index in [1.165, 1.54) is 0 Å². The summed E-state index contributed by atoms with van der Waals surface area (Å²) < 4.78 is 32.5. The number of benzene rings is 2. The third-order valence-electron chi connectivity index (χ3n) is 2.55. The summed E-state index contributed by atoms with van der Waals surface area (Å²) in [5.41, 5.74) is 5.49. The van der Waals surface area contributed by atoms with E-state index in [2.05, 4.69) is 21.2 Å². The van der Waals surface area contributed by atoms with Crippen LogP contribution in [0, 0.1) is 11.6 Å². The smallest absolute Gasteiger partial charge is 0.262 e. The summed E-state index contributed by atoms with van der Waals surface area (Å²) in [6.45, 7) is -0.414. The van der Waals surface area contributed by atoms with Crippen molar-refractivity contribution in [2.75, 3.05) is 17.7 Å². The normalized spacial score (nSPS) is 10.2.